The molecule has 2 aromatic rings. The molecular weight excluding hydrogens is 310 g/mol. The Hall–Kier alpha value is -2.12. The minimum absolute atomic E-state index is 0.152. The second-order valence-electron chi connectivity index (χ2n) is 6.25. The number of aromatic hydroxyl groups is 1. The standard InChI is InChI=1S/C17H23N3O4/c1-11(2)17-18-16(19-24-17)15-10-20(6-7-23-15)9-12-4-5-14(22-3)13(21)8-12/h4-5,8,11,15,21H,6-7,9-10H2,1-3H3/t15-/m0/s1. The lowest BCUT2D eigenvalue weighted by atomic mass is 10.1. The summed E-state index contributed by atoms with van der Waals surface area (Å²) in [5, 5.41) is 14.0. The molecule has 1 fully saturated rings. The summed E-state index contributed by atoms with van der Waals surface area (Å²) in [5.74, 6) is 2.06. The third kappa shape index (κ3) is 3.68. The predicted molar refractivity (Wildman–Crippen MR) is 87.0 cm³/mol. The lowest BCUT2D eigenvalue weighted by Gasteiger charge is -2.31. The number of aromatic nitrogens is 2. The van der Waals surface area contributed by atoms with Crippen LogP contribution in [0.25, 0.3) is 0 Å². The minimum atomic E-state index is -0.193. The van der Waals surface area contributed by atoms with Gasteiger partial charge in [-0.15, -0.1) is 0 Å². The van der Waals surface area contributed by atoms with Gasteiger partial charge in [0.1, 0.15) is 6.10 Å². The van der Waals surface area contributed by atoms with E-state index in [-0.39, 0.29) is 17.8 Å². The summed E-state index contributed by atoms with van der Waals surface area (Å²) in [6, 6.07) is 5.46. The molecule has 7 heteroatoms. The van der Waals surface area contributed by atoms with Gasteiger partial charge in [0.2, 0.25) is 11.7 Å². The van der Waals surface area contributed by atoms with E-state index in [4.69, 9.17) is 14.0 Å². The van der Waals surface area contributed by atoms with E-state index >= 15 is 0 Å². The maximum atomic E-state index is 9.90. The van der Waals surface area contributed by atoms with Crippen molar-refractivity contribution in [2.45, 2.75) is 32.4 Å². The predicted octanol–water partition coefficient (Wildman–Crippen LogP) is 2.48. The van der Waals surface area contributed by atoms with Gasteiger partial charge in [-0.05, 0) is 17.7 Å². The smallest absolute Gasteiger partial charge is 0.229 e. The molecule has 3 rings (SSSR count). The minimum Gasteiger partial charge on any atom is -0.504 e. The quantitative estimate of drug-likeness (QED) is 0.900. The molecule has 7 nitrogen and oxygen atoms in total. The summed E-state index contributed by atoms with van der Waals surface area (Å²) >= 11 is 0. The number of phenols is 1. The summed E-state index contributed by atoms with van der Waals surface area (Å²) < 4.78 is 16.1. The fraction of sp³-hybridized carbons (Fsp3) is 0.529. The van der Waals surface area contributed by atoms with Crippen molar-refractivity contribution in [2.24, 2.45) is 0 Å². The Morgan fingerprint density at radius 3 is 2.92 bits per heavy atom. The van der Waals surface area contributed by atoms with Crippen molar-refractivity contribution in [1.29, 1.82) is 0 Å². The van der Waals surface area contributed by atoms with Gasteiger partial charge < -0.3 is 19.1 Å². The van der Waals surface area contributed by atoms with Crippen molar-refractivity contribution in [3.63, 3.8) is 0 Å². The second kappa shape index (κ2) is 7.19. The highest BCUT2D eigenvalue weighted by molar-refractivity contribution is 5.41. The van der Waals surface area contributed by atoms with Gasteiger partial charge in [0.15, 0.2) is 11.5 Å². The molecule has 0 amide bonds. The van der Waals surface area contributed by atoms with Crippen LogP contribution in [0.1, 0.15) is 43.1 Å². The first-order valence-electron chi connectivity index (χ1n) is 8.10. The van der Waals surface area contributed by atoms with Gasteiger partial charge in [-0.2, -0.15) is 4.98 Å². The van der Waals surface area contributed by atoms with Crippen LogP contribution in [-0.4, -0.2) is 47.0 Å². The van der Waals surface area contributed by atoms with Gasteiger partial charge in [-0.3, -0.25) is 4.90 Å². The lowest BCUT2D eigenvalue weighted by molar-refractivity contribution is -0.0380. The molecule has 2 heterocycles. The number of ether oxygens (including phenoxy) is 2. The maximum absolute atomic E-state index is 9.90. The Morgan fingerprint density at radius 1 is 1.42 bits per heavy atom. The number of hydrogen-bond acceptors (Lipinski definition) is 7. The molecule has 0 bridgehead atoms. The molecule has 1 saturated heterocycles. The monoisotopic (exact) mass is 333 g/mol. The number of methoxy groups -OCH3 is 1. The molecule has 1 N–H and O–H groups in total. The van der Waals surface area contributed by atoms with Crippen molar-refractivity contribution in [3.05, 3.63) is 35.5 Å². The largest absolute Gasteiger partial charge is 0.504 e. The van der Waals surface area contributed by atoms with Crippen LogP contribution in [0.2, 0.25) is 0 Å². The van der Waals surface area contributed by atoms with Crippen LogP contribution in [0.3, 0.4) is 0 Å². The third-order valence-corrected chi connectivity index (χ3v) is 4.04. The van der Waals surface area contributed by atoms with E-state index in [0.29, 0.717) is 37.2 Å². The summed E-state index contributed by atoms with van der Waals surface area (Å²) in [6.07, 6.45) is -0.193. The highest BCUT2D eigenvalue weighted by Gasteiger charge is 2.26. The van der Waals surface area contributed by atoms with Gasteiger partial charge in [-0.1, -0.05) is 25.1 Å². The number of benzene rings is 1. The van der Waals surface area contributed by atoms with Crippen LogP contribution < -0.4 is 4.74 Å². The molecule has 1 atom stereocenters. The Kier molecular flexibility index (Phi) is 5.01. The normalized spacial score (nSPS) is 18.9. The SMILES string of the molecule is COc1ccc(CN2CCO[C@H](c3noc(C(C)C)n3)C2)cc1O. The van der Waals surface area contributed by atoms with Gasteiger partial charge in [0.25, 0.3) is 0 Å². The average molecular weight is 333 g/mol. The van der Waals surface area contributed by atoms with Crippen molar-refractivity contribution in [3.8, 4) is 11.5 Å². The number of phenolic OH excluding ortho intramolecular Hbond substituents is 1. The number of hydrogen-bond donors (Lipinski definition) is 1. The zero-order valence-electron chi connectivity index (χ0n) is 14.2. The van der Waals surface area contributed by atoms with Crippen LogP contribution in [0.5, 0.6) is 11.5 Å². The van der Waals surface area contributed by atoms with Crippen molar-refractivity contribution in [1.82, 2.24) is 15.0 Å². The van der Waals surface area contributed by atoms with Crippen molar-refractivity contribution in [2.75, 3.05) is 26.8 Å². The summed E-state index contributed by atoms with van der Waals surface area (Å²) in [7, 11) is 1.54. The molecule has 1 aliphatic heterocycles. The van der Waals surface area contributed by atoms with Gasteiger partial charge in [-0.25, -0.2) is 0 Å². The molecule has 0 spiro atoms. The van der Waals surface area contributed by atoms with Gasteiger partial charge in [0, 0.05) is 25.6 Å². The van der Waals surface area contributed by atoms with E-state index in [1.54, 1.807) is 12.1 Å². The Bertz CT molecular complexity index is 686. The van der Waals surface area contributed by atoms with Crippen LogP contribution in [-0.2, 0) is 11.3 Å². The highest BCUT2D eigenvalue weighted by atomic mass is 16.5. The van der Waals surface area contributed by atoms with E-state index < -0.39 is 0 Å². The zero-order valence-corrected chi connectivity index (χ0v) is 14.2. The van der Waals surface area contributed by atoms with Crippen LogP contribution in [0.15, 0.2) is 22.7 Å². The van der Waals surface area contributed by atoms with E-state index in [0.717, 1.165) is 12.1 Å². The number of morpholine rings is 1. The summed E-state index contributed by atoms with van der Waals surface area (Å²) in [5.41, 5.74) is 1.02. The van der Waals surface area contributed by atoms with Crippen molar-refractivity contribution < 1.29 is 19.1 Å². The maximum Gasteiger partial charge on any atom is 0.229 e. The van der Waals surface area contributed by atoms with E-state index in [1.165, 1.54) is 7.11 Å². The van der Waals surface area contributed by atoms with Crippen LogP contribution in [0.4, 0.5) is 0 Å². The average Bonchev–Trinajstić information content (AvgIpc) is 3.06. The summed E-state index contributed by atoms with van der Waals surface area (Å²) in [4.78, 5) is 6.68. The van der Waals surface area contributed by atoms with E-state index in [2.05, 4.69) is 15.0 Å². The topological polar surface area (TPSA) is 80.9 Å². The molecule has 24 heavy (non-hydrogen) atoms. The molecule has 1 aromatic carbocycles. The third-order valence-electron chi connectivity index (χ3n) is 4.04. The first-order chi connectivity index (χ1) is 11.6. The Balaban J connectivity index is 1.65. The molecule has 0 radical (unpaired) electrons. The molecule has 0 unspecified atom stereocenters. The van der Waals surface area contributed by atoms with E-state index in [1.807, 2.05) is 19.9 Å². The summed E-state index contributed by atoms with van der Waals surface area (Å²) in [6.45, 7) is 6.86. The molecule has 0 saturated carbocycles. The molecule has 1 aromatic heterocycles. The molecule has 130 valence electrons. The highest BCUT2D eigenvalue weighted by Crippen LogP contribution is 2.28. The first kappa shape index (κ1) is 16.7. The first-order valence-corrected chi connectivity index (χ1v) is 8.10. The second-order valence-corrected chi connectivity index (χ2v) is 6.25. The van der Waals surface area contributed by atoms with Gasteiger partial charge >= 0.3 is 0 Å². The Labute approximate surface area is 141 Å². The molecule has 0 aliphatic carbocycles. The fourth-order valence-corrected chi connectivity index (χ4v) is 2.71. The van der Waals surface area contributed by atoms with Crippen LogP contribution >= 0.6 is 0 Å². The van der Waals surface area contributed by atoms with Gasteiger partial charge in [0.05, 0.1) is 13.7 Å². The fourth-order valence-electron chi connectivity index (χ4n) is 2.71. The van der Waals surface area contributed by atoms with E-state index in [9.17, 15) is 5.11 Å². The van der Waals surface area contributed by atoms with Crippen LogP contribution in [0, 0.1) is 0 Å². The lowest BCUT2D eigenvalue weighted by Crippen LogP contribution is -2.38. The zero-order chi connectivity index (χ0) is 17.1. The molecular formula is C17H23N3O4. The number of nitrogens with zero attached hydrogens (tertiary/aromatic N) is 3. The number of rotatable bonds is 5. The molecule has 1 aliphatic rings. The Morgan fingerprint density at radius 2 is 2.25 bits per heavy atom. The van der Waals surface area contributed by atoms with Crippen molar-refractivity contribution >= 4 is 0 Å².